The molecule has 0 saturated carbocycles. The molecule has 3 heterocycles. The van der Waals surface area contributed by atoms with Crippen molar-refractivity contribution in [3.63, 3.8) is 0 Å². The summed E-state index contributed by atoms with van der Waals surface area (Å²) in [5.41, 5.74) is 0.869. The number of hydrogen-bond acceptors (Lipinski definition) is 4. The molecule has 0 unspecified atom stereocenters. The first-order valence-corrected chi connectivity index (χ1v) is 11.1. The van der Waals surface area contributed by atoms with Gasteiger partial charge in [0.15, 0.2) is 0 Å². The van der Waals surface area contributed by atoms with Crippen LogP contribution >= 0.6 is 46.3 Å². The maximum absolute atomic E-state index is 13.4. The van der Waals surface area contributed by atoms with Crippen molar-refractivity contribution in [2.24, 2.45) is 0 Å². The van der Waals surface area contributed by atoms with Crippen LogP contribution in [0.3, 0.4) is 0 Å². The van der Waals surface area contributed by atoms with Gasteiger partial charge in [0.25, 0.3) is 0 Å². The number of thiazole rings is 1. The molecule has 0 saturated heterocycles. The molecule has 0 spiro atoms. The Morgan fingerprint density at radius 2 is 1.70 bits per heavy atom. The Hall–Kier alpha value is -2.06. The predicted molar refractivity (Wildman–Crippen MR) is 116 cm³/mol. The first-order valence-electron chi connectivity index (χ1n) is 8.61. The van der Waals surface area contributed by atoms with E-state index in [4.69, 9.17) is 28.2 Å². The maximum Gasteiger partial charge on any atom is 0.416 e. The van der Waals surface area contributed by atoms with Gasteiger partial charge in [0.05, 0.1) is 15.4 Å². The number of alkyl halides is 3. The molecule has 9 heteroatoms. The van der Waals surface area contributed by atoms with E-state index < -0.39 is 11.7 Å². The molecule has 150 valence electrons. The molecule has 0 fully saturated rings. The van der Waals surface area contributed by atoms with Crippen LogP contribution in [0.1, 0.15) is 5.56 Å². The molecule has 0 N–H and O–H groups in total. The normalized spacial score (nSPS) is 15.0. The van der Waals surface area contributed by atoms with Gasteiger partial charge in [-0.1, -0.05) is 53.2 Å². The zero-order valence-electron chi connectivity index (χ0n) is 14.8. The van der Waals surface area contributed by atoms with Crippen LogP contribution in [-0.4, -0.2) is 9.97 Å². The van der Waals surface area contributed by atoms with E-state index in [9.17, 15) is 13.2 Å². The van der Waals surface area contributed by atoms with E-state index >= 15 is 0 Å². The fourth-order valence-electron chi connectivity index (χ4n) is 3.32. The summed E-state index contributed by atoms with van der Waals surface area (Å²) < 4.78 is 41.0. The third-order valence-corrected chi connectivity index (χ3v) is 7.02. The van der Waals surface area contributed by atoms with Crippen molar-refractivity contribution < 1.29 is 13.2 Å². The average Bonchev–Trinajstić information content (AvgIpc) is 3.05. The molecule has 0 radical (unpaired) electrons. The van der Waals surface area contributed by atoms with E-state index in [1.54, 1.807) is 12.1 Å². The second kappa shape index (κ2) is 7.27. The molecule has 5 rings (SSSR count). The van der Waals surface area contributed by atoms with E-state index in [1.165, 1.54) is 35.2 Å². The minimum absolute atomic E-state index is 0.245. The Morgan fingerprint density at radius 3 is 2.43 bits per heavy atom. The highest BCUT2D eigenvalue weighted by Crippen LogP contribution is 2.34. The van der Waals surface area contributed by atoms with Gasteiger partial charge in [-0.15, -0.1) is 11.3 Å². The highest BCUT2D eigenvalue weighted by Gasteiger charge is 2.30. The van der Waals surface area contributed by atoms with E-state index in [1.807, 2.05) is 23.6 Å². The number of hydrogen-bond donors (Lipinski definition) is 0. The van der Waals surface area contributed by atoms with Crippen molar-refractivity contribution >= 4 is 57.3 Å². The zero-order chi connectivity index (χ0) is 21.0. The molecule has 1 aliphatic heterocycles. The number of aromatic nitrogens is 2. The van der Waals surface area contributed by atoms with Crippen molar-refractivity contribution in [1.29, 1.82) is 0 Å². The predicted octanol–water partition coefficient (Wildman–Crippen LogP) is 5.91. The van der Waals surface area contributed by atoms with Gasteiger partial charge in [-0.3, -0.25) is 0 Å². The second-order valence-electron chi connectivity index (χ2n) is 6.53. The molecule has 0 amide bonds. The monoisotopic (exact) mass is 480 g/mol. The lowest BCUT2D eigenvalue weighted by Crippen LogP contribution is -2.14. The van der Waals surface area contributed by atoms with Crippen molar-refractivity contribution in [3.05, 3.63) is 89.7 Å². The second-order valence-corrected chi connectivity index (χ2v) is 9.25. The summed E-state index contributed by atoms with van der Waals surface area (Å²) >= 11 is 14.9. The van der Waals surface area contributed by atoms with Crippen LogP contribution in [-0.2, 0) is 6.18 Å². The molecule has 0 bridgehead atoms. The number of thioether (sulfide) groups is 1. The quantitative estimate of drug-likeness (QED) is 0.405. The minimum atomic E-state index is -4.43. The standard InChI is InChI=1S/C21H9Cl2F3N2S2/c22-16-7-11(8-17(23)27-16)20-28-18-13-4-3-12(21(24,25)26)9-14(13)19-10(2-1-5-29-19)6-15(18)30-20/h1-9H. The molecule has 3 aromatic rings. The van der Waals surface area contributed by atoms with Gasteiger partial charge in [-0.05, 0) is 46.5 Å². The van der Waals surface area contributed by atoms with Crippen molar-refractivity contribution in [3.8, 4) is 10.6 Å². The van der Waals surface area contributed by atoms with Gasteiger partial charge in [0.1, 0.15) is 15.3 Å². The Morgan fingerprint density at radius 1 is 0.933 bits per heavy atom. The minimum Gasteiger partial charge on any atom is -0.235 e. The Bertz CT molecular complexity index is 1470. The maximum atomic E-state index is 13.4. The third-order valence-electron chi connectivity index (χ3n) is 4.60. The summed E-state index contributed by atoms with van der Waals surface area (Å²) in [7, 11) is 0. The number of allylic oxidation sites excluding steroid dienone is 2. The van der Waals surface area contributed by atoms with Gasteiger partial charge in [0, 0.05) is 15.7 Å². The first kappa shape index (κ1) is 19.9. The van der Waals surface area contributed by atoms with Gasteiger partial charge in [-0.2, -0.15) is 13.2 Å². The number of rotatable bonds is 1. The summed E-state index contributed by atoms with van der Waals surface area (Å²) in [4.78, 5) is 9.47. The molecular weight excluding hydrogens is 472 g/mol. The summed E-state index contributed by atoms with van der Waals surface area (Å²) in [6.45, 7) is 0. The van der Waals surface area contributed by atoms with Crippen LogP contribution in [0, 0.1) is 10.6 Å². The van der Waals surface area contributed by atoms with Crippen LogP contribution < -0.4 is 9.75 Å². The molecule has 2 nitrogen and oxygen atoms in total. The molecule has 1 aromatic carbocycles. The topological polar surface area (TPSA) is 25.8 Å². The van der Waals surface area contributed by atoms with E-state index in [2.05, 4.69) is 4.98 Å². The smallest absolute Gasteiger partial charge is 0.235 e. The lowest BCUT2D eigenvalue weighted by Gasteiger charge is -2.11. The van der Waals surface area contributed by atoms with Gasteiger partial charge in [-0.25, -0.2) is 9.97 Å². The molecule has 2 aromatic heterocycles. The Kier molecular flexibility index (Phi) is 4.82. The third kappa shape index (κ3) is 3.50. The largest absolute Gasteiger partial charge is 0.416 e. The number of halogens is 5. The van der Waals surface area contributed by atoms with E-state index in [0.29, 0.717) is 26.4 Å². The summed E-state index contributed by atoms with van der Waals surface area (Å²) in [5, 5.41) is 4.81. The SMILES string of the molecule is FC(F)(F)c1ccc2c(c1)=C1SC=CC=C1C=c1sc(-c3cc(Cl)nc(Cl)c3)nc1=2. The fourth-order valence-corrected chi connectivity index (χ4v) is 5.65. The molecule has 0 atom stereocenters. The van der Waals surface area contributed by atoms with Crippen LogP contribution in [0.25, 0.3) is 21.6 Å². The molecule has 1 aliphatic carbocycles. The van der Waals surface area contributed by atoms with Crippen LogP contribution in [0.2, 0.25) is 10.3 Å². The highest BCUT2D eigenvalue weighted by atomic mass is 35.5. The summed E-state index contributed by atoms with van der Waals surface area (Å²) in [6, 6.07) is 7.12. The van der Waals surface area contributed by atoms with E-state index in [0.717, 1.165) is 21.1 Å². The lowest BCUT2D eigenvalue weighted by molar-refractivity contribution is -0.137. The van der Waals surface area contributed by atoms with Gasteiger partial charge in [0.2, 0.25) is 0 Å². The number of benzene rings is 1. The van der Waals surface area contributed by atoms with Crippen LogP contribution in [0.15, 0.2) is 53.5 Å². The van der Waals surface area contributed by atoms with E-state index in [-0.39, 0.29) is 10.3 Å². The Balaban J connectivity index is 1.90. The molecule has 2 aliphatic rings. The number of nitrogens with zero attached hydrogens (tertiary/aromatic N) is 2. The zero-order valence-corrected chi connectivity index (χ0v) is 17.9. The van der Waals surface area contributed by atoms with Crippen LogP contribution in [0.5, 0.6) is 0 Å². The number of fused-ring (bicyclic) bond motifs is 3. The average molecular weight is 481 g/mol. The number of pyridine rings is 1. The summed E-state index contributed by atoms with van der Waals surface area (Å²) in [6.07, 6.45) is 1.30. The van der Waals surface area contributed by atoms with Crippen LogP contribution in [0.4, 0.5) is 13.2 Å². The lowest BCUT2D eigenvalue weighted by atomic mass is 10.1. The molecular formula is C21H9Cl2F3N2S2. The van der Waals surface area contributed by atoms with Gasteiger partial charge >= 0.3 is 6.18 Å². The van der Waals surface area contributed by atoms with Gasteiger partial charge < -0.3 is 0 Å². The van der Waals surface area contributed by atoms with Crippen molar-refractivity contribution in [2.75, 3.05) is 0 Å². The van der Waals surface area contributed by atoms with Crippen molar-refractivity contribution in [1.82, 2.24) is 9.97 Å². The Labute approximate surface area is 186 Å². The summed E-state index contributed by atoms with van der Waals surface area (Å²) in [5.74, 6) is 0. The van der Waals surface area contributed by atoms with Crippen molar-refractivity contribution in [2.45, 2.75) is 6.18 Å². The first-order chi connectivity index (χ1) is 14.3. The molecule has 30 heavy (non-hydrogen) atoms. The fraction of sp³-hybridized carbons (Fsp3) is 0.0476. The highest BCUT2D eigenvalue weighted by molar-refractivity contribution is 8.11.